The molecule has 0 saturated carbocycles. The summed E-state index contributed by atoms with van der Waals surface area (Å²) >= 11 is 16.3. The average Bonchev–Trinajstić information content (AvgIpc) is 2.83. The molecule has 2 aromatic heterocycles. The number of Topliss-reactive ketones (excluding diaryl/α,β-unsaturated/α-hetero) is 2. The van der Waals surface area contributed by atoms with Crippen LogP contribution in [0.2, 0.25) is 15.5 Å². The van der Waals surface area contributed by atoms with E-state index in [1.54, 1.807) is 12.1 Å². The monoisotopic (exact) mass is 572 g/mol. The van der Waals surface area contributed by atoms with Gasteiger partial charge in [0.25, 0.3) is 0 Å². The molecule has 0 aliphatic heterocycles. The molecule has 0 bridgehead atoms. The van der Waals surface area contributed by atoms with Crippen LogP contribution in [0.25, 0.3) is 0 Å². The Morgan fingerprint density at radius 3 is 1.46 bits per heavy atom. The molecule has 0 radical (unpaired) electrons. The molecule has 6 nitrogen and oxygen atoms in total. The summed E-state index contributed by atoms with van der Waals surface area (Å²) < 4.78 is 50.9. The molecule has 0 saturated heterocycles. The Kier molecular flexibility index (Phi) is 11.5. The van der Waals surface area contributed by atoms with Crippen molar-refractivity contribution in [2.24, 2.45) is 0 Å². The minimum atomic E-state index is -0.887. The third-order valence-corrected chi connectivity index (χ3v) is 4.78. The molecule has 13 heteroatoms. The van der Waals surface area contributed by atoms with Crippen LogP contribution in [0.1, 0.15) is 33.3 Å². The van der Waals surface area contributed by atoms with Crippen LogP contribution in [0.4, 0.5) is 17.6 Å². The Morgan fingerprint density at radius 1 is 0.649 bits per heavy atom. The first-order valence-corrected chi connectivity index (χ1v) is 11.2. The third kappa shape index (κ3) is 10.2. The lowest BCUT2D eigenvalue weighted by Gasteiger charge is -2.02. The SMILES string of the molecule is CC(=O)c1ccc(F)cc1F.Clc1ccc(Cl)nn1.O=C(Cc1ccc(Cl)nn1)c1ccc(F)cc1F. The molecule has 2 aromatic carbocycles. The molecular formula is C24H15Cl3F4N4O2. The molecule has 0 N–H and O–H groups in total. The van der Waals surface area contributed by atoms with Crippen molar-refractivity contribution in [3.63, 3.8) is 0 Å². The van der Waals surface area contributed by atoms with Crippen molar-refractivity contribution < 1.29 is 27.2 Å². The van der Waals surface area contributed by atoms with Crippen LogP contribution in [-0.4, -0.2) is 32.0 Å². The number of carbonyl (C=O) groups excluding carboxylic acids is 2. The number of carbonyl (C=O) groups is 2. The molecule has 0 amide bonds. The Hall–Kier alpha value is -3.47. The highest BCUT2D eigenvalue weighted by Gasteiger charge is 2.14. The van der Waals surface area contributed by atoms with E-state index >= 15 is 0 Å². The Morgan fingerprint density at radius 2 is 1.08 bits per heavy atom. The first-order chi connectivity index (χ1) is 17.5. The first kappa shape index (κ1) is 29.8. The van der Waals surface area contributed by atoms with Gasteiger partial charge in [0.1, 0.15) is 23.3 Å². The summed E-state index contributed by atoms with van der Waals surface area (Å²) in [7, 11) is 0. The predicted molar refractivity (Wildman–Crippen MR) is 130 cm³/mol. The standard InChI is InChI=1S/C12H7ClF2N2O.C8H6F2O.C4H2Cl2N2/c13-12-4-2-8(16-17-12)6-11(18)9-3-1-7(14)5-10(9)15;1-5(11)7-3-2-6(9)4-8(7)10;5-3-1-2-4(6)8-7-3/h1-5H,6H2;2-4H,1H3;1-2H. The fourth-order valence-electron chi connectivity index (χ4n) is 2.49. The van der Waals surface area contributed by atoms with E-state index in [0.29, 0.717) is 28.1 Å². The zero-order valence-corrected chi connectivity index (χ0v) is 21.0. The summed E-state index contributed by atoms with van der Waals surface area (Å²) in [5, 5.41) is 15.1. The van der Waals surface area contributed by atoms with Gasteiger partial charge in [-0.1, -0.05) is 34.8 Å². The van der Waals surface area contributed by atoms with Gasteiger partial charge in [0.05, 0.1) is 23.2 Å². The van der Waals surface area contributed by atoms with Crippen LogP contribution in [-0.2, 0) is 6.42 Å². The number of aromatic nitrogens is 4. The lowest BCUT2D eigenvalue weighted by Crippen LogP contribution is -2.08. The number of rotatable bonds is 4. The van der Waals surface area contributed by atoms with Crippen LogP contribution < -0.4 is 0 Å². The number of benzene rings is 2. The molecule has 0 fully saturated rings. The first-order valence-electron chi connectivity index (χ1n) is 10.0. The summed E-state index contributed by atoms with van der Waals surface area (Å²) in [4.78, 5) is 22.4. The van der Waals surface area contributed by atoms with E-state index in [2.05, 4.69) is 20.4 Å². The predicted octanol–water partition coefficient (Wildman–Crippen LogP) is 6.78. The zero-order chi connectivity index (χ0) is 27.5. The second kappa shape index (κ2) is 14.3. The zero-order valence-electron chi connectivity index (χ0n) is 18.7. The van der Waals surface area contributed by atoms with E-state index < -0.39 is 34.8 Å². The van der Waals surface area contributed by atoms with Gasteiger partial charge in [0, 0.05) is 12.1 Å². The normalized spacial score (nSPS) is 9.95. The van der Waals surface area contributed by atoms with Crippen molar-refractivity contribution in [1.29, 1.82) is 0 Å². The molecule has 2 heterocycles. The van der Waals surface area contributed by atoms with E-state index in [9.17, 15) is 27.2 Å². The molecule has 0 aliphatic rings. The van der Waals surface area contributed by atoms with Crippen molar-refractivity contribution in [1.82, 2.24) is 20.4 Å². The highest BCUT2D eigenvalue weighted by Crippen LogP contribution is 2.13. The van der Waals surface area contributed by atoms with Gasteiger partial charge in [-0.3, -0.25) is 9.59 Å². The average molecular weight is 574 g/mol. The van der Waals surface area contributed by atoms with Crippen molar-refractivity contribution >= 4 is 46.4 Å². The summed E-state index contributed by atoms with van der Waals surface area (Å²) in [6.45, 7) is 1.23. The number of nitrogens with zero attached hydrogens (tertiary/aromatic N) is 4. The largest absolute Gasteiger partial charge is 0.294 e. The van der Waals surface area contributed by atoms with Gasteiger partial charge in [-0.2, -0.15) is 5.10 Å². The molecule has 0 spiro atoms. The lowest BCUT2D eigenvalue weighted by atomic mass is 10.1. The second-order valence-corrected chi connectivity index (χ2v) is 8.09. The molecule has 4 aromatic rings. The Balaban J connectivity index is 0.000000215. The number of halogens is 7. The minimum absolute atomic E-state index is 0.0774. The van der Waals surface area contributed by atoms with Gasteiger partial charge < -0.3 is 0 Å². The van der Waals surface area contributed by atoms with Crippen molar-refractivity contribution in [2.75, 3.05) is 0 Å². The summed E-state index contributed by atoms with van der Waals surface area (Å²) in [5.41, 5.74) is 0.118. The van der Waals surface area contributed by atoms with Gasteiger partial charge in [-0.15, -0.1) is 15.3 Å². The van der Waals surface area contributed by atoms with Gasteiger partial charge >= 0.3 is 0 Å². The van der Waals surface area contributed by atoms with Crippen molar-refractivity contribution in [3.05, 3.63) is 116 Å². The van der Waals surface area contributed by atoms with Gasteiger partial charge in [-0.05, 0) is 55.5 Å². The molecule has 4 rings (SSSR count). The third-order valence-electron chi connectivity index (χ3n) is 4.17. The van der Waals surface area contributed by atoms with Gasteiger partial charge in [-0.25, -0.2) is 17.6 Å². The van der Waals surface area contributed by atoms with E-state index in [0.717, 1.165) is 24.3 Å². The van der Waals surface area contributed by atoms with Crippen LogP contribution in [0.15, 0.2) is 60.7 Å². The number of hydrogen-bond donors (Lipinski definition) is 0. The van der Waals surface area contributed by atoms with Gasteiger partial charge in [0.15, 0.2) is 27.0 Å². The highest BCUT2D eigenvalue weighted by atomic mass is 35.5. The maximum Gasteiger partial charge on any atom is 0.171 e. The fourth-order valence-corrected chi connectivity index (χ4v) is 2.79. The summed E-state index contributed by atoms with van der Waals surface area (Å²) in [6, 6.07) is 11.9. The molecular weight excluding hydrogens is 559 g/mol. The number of ketones is 2. The second-order valence-electron chi connectivity index (χ2n) is 6.93. The lowest BCUT2D eigenvalue weighted by molar-refractivity contribution is 0.0984. The molecule has 0 unspecified atom stereocenters. The van der Waals surface area contributed by atoms with Crippen LogP contribution in [0, 0.1) is 23.3 Å². The Bertz CT molecular complexity index is 1350. The van der Waals surface area contributed by atoms with E-state index in [4.69, 9.17) is 34.8 Å². The quantitative estimate of drug-likeness (QED) is 0.198. The van der Waals surface area contributed by atoms with E-state index in [1.165, 1.54) is 19.1 Å². The Labute approximate surface area is 223 Å². The maximum atomic E-state index is 13.3. The minimum Gasteiger partial charge on any atom is -0.294 e. The van der Waals surface area contributed by atoms with Crippen LogP contribution >= 0.6 is 34.8 Å². The van der Waals surface area contributed by atoms with Crippen LogP contribution in [0.5, 0.6) is 0 Å². The highest BCUT2D eigenvalue weighted by molar-refractivity contribution is 6.31. The van der Waals surface area contributed by atoms with E-state index in [1.807, 2.05) is 0 Å². The topological polar surface area (TPSA) is 85.7 Å². The smallest absolute Gasteiger partial charge is 0.171 e. The van der Waals surface area contributed by atoms with Crippen molar-refractivity contribution in [3.8, 4) is 0 Å². The van der Waals surface area contributed by atoms with E-state index in [-0.39, 0.29) is 22.7 Å². The van der Waals surface area contributed by atoms with Crippen LogP contribution in [0.3, 0.4) is 0 Å². The summed E-state index contributed by atoms with van der Waals surface area (Å²) in [5.74, 6) is -3.99. The molecule has 0 aliphatic carbocycles. The molecule has 192 valence electrons. The van der Waals surface area contributed by atoms with Crippen molar-refractivity contribution in [2.45, 2.75) is 13.3 Å². The molecule has 0 atom stereocenters. The molecule has 37 heavy (non-hydrogen) atoms. The van der Waals surface area contributed by atoms with Gasteiger partial charge in [0.2, 0.25) is 0 Å². The summed E-state index contributed by atoms with van der Waals surface area (Å²) in [6.07, 6.45) is -0.118. The fraction of sp³-hybridized carbons (Fsp3) is 0.0833. The number of hydrogen-bond acceptors (Lipinski definition) is 6. The maximum absolute atomic E-state index is 13.3.